The van der Waals surface area contributed by atoms with Crippen molar-refractivity contribution in [2.45, 2.75) is 61.6 Å². The van der Waals surface area contributed by atoms with Gasteiger partial charge in [0.05, 0.1) is 0 Å². The van der Waals surface area contributed by atoms with Crippen molar-refractivity contribution < 1.29 is 48.0 Å². The SMILES string of the molecule is CC1=Cc2cc(CC(C)C)ccc2[CH]1[Zr+2][CH]1C(C)=Cc2cc(CC(C)C)ccc21.[Cl-].[Cl-]. The van der Waals surface area contributed by atoms with Crippen LogP contribution >= 0.6 is 0 Å². The van der Waals surface area contributed by atoms with Crippen LogP contribution in [0.3, 0.4) is 0 Å². The fourth-order valence-electron chi connectivity index (χ4n) is 4.98. The molecule has 0 aromatic heterocycles. The Morgan fingerprint density at radius 1 is 0.677 bits per heavy atom. The van der Waals surface area contributed by atoms with Crippen molar-refractivity contribution >= 4 is 12.2 Å². The van der Waals surface area contributed by atoms with Gasteiger partial charge in [0, 0.05) is 0 Å². The molecule has 0 spiro atoms. The van der Waals surface area contributed by atoms with Gasteiger partial charge in [0.2, 0.25) is 0 Å². The van der Waals surface area contributed by atoms with Crippen LogP contribution in [0.1, 0.15) is 82.2 Å². The first kappa shape index (κ1) is 26.6. The van der Waals surface area contributed by atoms with Gasteiger partial charge < -0.3 is 24.8 Å². The second-order valence-corrected chi connectivity index (χ2v) is 13.6. The van der Waals surface area contributed by atoms with Crippen LogP contribution in [0.25, 0.3) is 12.2 Å². The molecule has 2 aromatic rings. The summed E-state index contributed by atoms with van der Waals surface area (Å²) in [5, 5.41) is 0. The Balaban J connectivity index is 0.00000171. The van der Waals surface area contributed by atoms with Gasteiger partial charge in [-0.3, -0.25) is 0 Å². The number of halogens is 2. The summed E-state index contributed by atoms with van der Waals surface area (Å²) in [7, 11) is 0. The summed E-state index contributed by atoms with van der Waals surface area (Å²) in [5.41, 5.74) is 12.4. The molecule has 2 aromatic carbocycles. The van der Waals surface area contributed by atoms with E-state index in [1.54, 1.807) is 22.3 Å². The third kappa shape index (κ3) is 5.85. The second-order valence-electron chi connectivity index (χ2n) is 9.93. The molecule has 2 aliphatic rings. The summed E-state index contributed by atoms with van der Waals surface area (Å²) >= 11 is -0.699. The van der Waals surface area contributed by atoms with Crippen molar-refractivity contribution in [2.24, 2.45) is 11.8 Å². The van der Waals surface area contributed by atoms with E-state index in [4.69, 9.17) is 0 Å². The molecule has 0 amide bonds. The van der Waals surface area contributed by atoms with Crippen LogP contribution in [0.15, 0.2) is 47.5 Å². The second kappa shape index (κ2) is 11.0. The standard InChI is InChI=1S/2C14H17.2ClH.Zr/c2*1-10(2)6-12-4-5-13-7-11(3)8-14(13)9-12;;;/h2*4-5,7-10H,6H2,1-3H3;2*1H;/q;;;;+2/p-2. The quantitative estimate of drug-likeness (QED) is 0.533. The van der Waals surface area contributed by atoms with E-state index in [-0.39, 0.29) is 24.8 Å². The van der Waals surface area contributed by atoms with Crippen molar-refractivity contribution in [1.82, 2.24) is 0 Å². The maximum atomic E-state index is 2.48. The van der Waals surface area contributed by atoms with Crippen LogP contribution in [0, 0.1) is 11.8 Å². The van der Waals surface area contributed by atoms with Crippen molar-refractivity contribution in [3.8, 4) is 0 Å². The number of allylic oxidation sites excluding steroid dienone is 2. The molecular formula is C28H34Cl2Zr. The summed E-state index contributed by atoms with van der Waals surface area (Å²) in [5.74, 6) is 1.44. The molecule has 3 heteroatoms. The number of hydrogen-bond donors (Lipinski definition) is 0. The maximum absolute atomic E-state index is 2.48. The van der Waals surface area contributed by atoms with E-state index in [2.05, 4.69) is 90.1 Å². The molecule has 164 valence electrons. The van der Waals surface area contributed by atoms with Gasteiger partial charge in [-0.1, -0.05) is 0 Å². The van der Waals surface area contributed by atoms with Crippen molar-refractivity contribution in [3.05, 3.63) is 80.9 Å². The van der Waals surface area contributed by atoms with Gasteiger partial charge in [-0.15, -0.1) is 0 Å². The first-order valence-electron chi connectivity index (χ1n) is 11.2. The molecular weight excluding hydrogens is 498 g/mol. The Hall–Kier alpha value is -0.617. The fourth-order valence-corrected chi connectivity index (χ4v) is 9.67. The molecule has 0 saturated heterocycles. The maximum Gasteiger partial charge on any atom is -1.00 e. The number of hydrogen-bond acceptors (Lipinski definition) is 0. The number of rotatable bonds is 6. The summed E-state index contributed by atoms with van der Waals surface area (Å²) in [6.07, 6.45) is 7.32. The zero-order chi connectivity index (χ0) is 20.7. The molecule has 31 heavy (non-hydrogen) atoms. The predicted molar refractivity (Wildman–Crippen MR) is 123 cm³/mol. The van der Waals surface area contributed by atoms with Gasteiger partial charge in [-0.2, -0.15) is 0 Å². The normalized spacial score (nSPS) is 18.6. The summed E-state index contributed by atoms with van der Waals surface area (Å²) in [6, 6.07) is 14.6. The molecule has 0 bridgehead atoms. The molecule has 0 aliphatic heterocycles. The minimum atomic E-state index is -0.699. The first-order valence-corrected chi connectivity index (χ1v) is 14.0. The minimum absolute atomic E-state index is 0. The van der Waals surface area contributed by atoms with Gasteiger partial charge in [-0.25, -0.2) is 0 Å². The zero-order valence-corrected chi connectivity index (χ0v) is 23.6. The fraction of sp³-hybridized carbons (Fsp3) is 0.429. The molecule has 2 atom stereocenters. The Bertz CT molecular complexity index is 905. The molecule has 0 fully saturated rings. The van der Waals surface area contributed by atoms with Crippen molar-refractivity contribution in [3.63, 3.8) is 0 Å². The van der Waals surface area contributed by atoms with Crippen LogP contribution in [0.2, 0.25) is 0 Å². The molecule has 0 saturated carbocycles. The number of benzene rings is 2. The smallest absolute Gasteiger partial charge is 1.00 e. The van der Waals surface area contributed by atoms with Crippen LogP contribution in [0.5, 0.6) is 0 Å². The van der Waals surface area contributed by atoms with E-state index >= 15 is 0 Å². The van der Waals surface area contributed by atoms with E-state index in [0.29, 0.717) is 0 Å². The zero-order valence-electron chi connectivity index (χ0n) is 19.6. The number of fused-ring (bicyclic) bond motifs is 2. The van der Waals surface area contributed by atoms with Crippen LogP contribution in [0.4, 0.5) is 0 Å². The average molecular weight is 533 g/mol. The molecule has 0 heterocycles. The third-order valence-electron chi connectivity index (χ3n) is 6.22. The summed E-state index contributed by atoms with van der Waals surface area (Å²) in [4.78, 5) is 0. The van der Waals surface area contributed by atoms with Gasteiger partial charge in [0.25, 0.3) is 0 Å². The Morgan fingerprint density at radius 2 is 1.06 bits per heavy atom. The van der Waals surface area contributed by atoms with Gasteiger partial charge >= 0.3 is 190 Å². The molecule has 2 aliphatic carbocycles. The Labute approximate surface area is 213 Å². The largest absolute Gasteiger partial charge is 1.00 e. The van der Waals surface area contributed by atoms with E-state index in [1.165, 1.54) is 35.1 Å². The van der Waals surface area contributed by atoms with Crippen LogP contribution in [-0.4, -0.2) is 0 Å². The molecule has 2 unspecified atom stereocenters. The Morgan fingerprint density at radius 3 is 1.42 bits per heavy atom. The molecule has 0 nitrogen and oxygen atoms in total. The summed E-state index contributed by atoms with van der Waals surface area (Å²) < 4.78 is 1.44. The Kier molecular flexibility index (Phi) is 9.45. The van der Waals surface area contributed by atoms with E-state index in [9.17, 15) is 0 Å². The molecule has 0 N–H and O–H groups in total. The van der Waals surface area contributed by atoms with E-state index in [1.807, 2.05) is 0 Å². The van der Waals surface area contributed by atoms with Crippen LogP contribution in [-0.2, 0) is 36.1 Å². The third-order valence-corrected chi connectivity index (χ3v) is 11.6. The minimum Gasteiger partial charge on any atom is -1.00 e. The van der Waals surface area contributed by atoms with Crippen molar-refractivity contribution in [2.75, 3.05) is 0 Å². The van der Waals surface area contributed by atoms with E-state index in [0.717, 1.165) is 19.1 Å². The van der Waals surface area contributed by atoms with Crippen molar-refractivity contribution in [1.29, 1.82) is 0 Å². The van der Waals surface area contributed by atoms with Gasteiger partial charge in [0.1, 0.15) is 0 Å². The van der Waals surface area contributed by atoms with Gasteiger partial charge in [-0.05, 0) is 0 Å². The summed E-state index contributed by atoms with van der Waals surface area (Å²) in [6.45, 7) is 14.0. The predicted octanol–water partition coefficient (Wildman–Crippen LogP) is 1.79. The molecule has 0 radical (unpaired) electrons. The monoisotopic (exact) mass is 530 g/mol. The van der Waals surface area contributed by atoms with E-state index < -0.39 is 23.2 Å². The average Bonchev–Trinajstić information content (AvgIpc) is 3.10. The first-order chi connectivity index (χ1) is 13.8. The van der Waals surface area contributed by atoms with Gasteiger partial charge in [0.15, 0.2) is 0 Å². The topological polar surface area (TPSA) is 0 Å². The molecule has 4 rings (SSSR count). The van der Waals surface area contributed by atoms with Crippen LogP contribution < -0.4 is 24.8 Å².